The van der Waals surface area contributed by atoms with Crippen LogP contribution >= 0.6 is 0 Å². The van der Waals surface area contributed by atoms with Gasteiger partial charge in [-0.05, 0) is 33.4 Å². The van der Waals surface area contributed by atoms with Gasteiger partial charge in [-0.1, -0.05) is 0 Å². The number of aliphatic carboxylic acids is 1. The van der Waals surface area contributed by atoms with Crippen LogP contribution in [0.3, 0.4) is 0 Å². The van der Waals surface area contributed by atoms with Crippen molar-refractivity contribution in [3.05, 3.63) is 0 Å². The number of carboxylic acids is 1. The second-order valence-electron chi connectivity index (χ2n) is 4.48. The highest BCUT2D eigenvalue weighted by molar-refractivity contribution is 5.82. The normalized spacial score (nSPS) is 11.9. The van der Waals surface area contributed by atoms with Crippen LogP contribution in [0.25, 0.3) is 0 Å². The molecule has 0 rings (SSSR count). The van der Waals surface area contributed by atoms with E-state index in [1.54, 1.807) is 0 Å². The van der Waals surface area contributed by atoms with E-state index in [0.29, 0.717) is 19.4 Å². The molecule has 0 radical (unpaired) electrons. The topological polar surface area (TPSA) is 98.7 Å². The highest BCUT2D eigenvalue weighted by Gasteiger charge is 2.19. The predicted molar refractivity (Wildman–Crippen MR) is 70.7 cm³/mol. The Morgan fingerprint density at radius 2 is 1.95 bits per heavy atom. The van der Waals surface area contributed by atoms with Crippen molar-refractivity contribution in [3.8, 4) is 0 Å². The minimum atomic E-state index is -0.929. The molecule has 0 heterocycles. The Kier molecular flexibility index (Phi) is 9.42. The van der Waals surface area contributed by atoms with Gasteiger partial charge < -0.3 is 15.7 Å². The number of amides is 2. The third-order valence-electron chi connectivity index (χ3n) is 2.70. The van der Waals surface area contributed by atoms with Gasteiger partial charge in [-0.3, -0.25) is 19.3 Å². The maximum absolute atomic E-state index is 11.9. The number of rotatable bonds is 11. The SMILES string of the molecule is CN(C)C(CCC[13CH2]N[13CH]=O)C(=O)NCCC(=O)O. The molecule has 1 unspecified atom stereocenters. The van der Waals surface area contributed by atoms with Crippen molar-refractivity contribution in [2.45, 2.75) is 31.7 Å². The molecule has 2 amide bonds. The Morgan fingerprint density at radius 1 is 1.26 bits per heavy atom. The summed E-state index contributed by atoms with van der Waals surface area (Å²) < 4.78 is 0. The van der Waals surface area contributed by atoms with Gasteiger partial charge in [-0.15, -0.1) is 0 Å². The van der Waals surface area contributed by atoms with Crippen molar-refractivity contribution in [2.75, 3.05) is 27.2 Å². The number of unbranched alkanes of at least 4 members (excludes halogenated alkanes) is 1. The maximum atomic E-state index is 11.9. The molecule has 0 aromatic heterocycles. The summed E-state index contributed by atoms with van der Waals surface area (Å²) in [7, 11) is 3.62. The zero-order valence-corrected chi connectivity index (χ0v) is 11.5. The number of likely N-dealkylation sites (N-methyl/N-ethyl adjacent to an activating group) is 1. The fourth-order valence-electron chi connectivity index (χ4n) is 1.66. The molecule has 0 saturated heterocycles. The lowest BCUT2D eigenvalue weighted by Gasteiger charge is -2.23. The number of hydrogen-bond donors (Lipinski definition) is 3. The number of nitrogens with one attached hydrogen (secondary N) is 2. The van der Waals surface area contributed by atoms with E-state index in [4.69, 9.17) is 5.11 Å². The zero-order chi connectivity index (χ0) is 14.7. The molecule has 1 atom stereocenters. The monoisotopic (exact) mass is 275 g/mol. The van der Waals surface area contributed by atoms with Crippen molar-refractivity contribution in [3.63, 3.8) is 0 Å². The Bertz CT molecular complexity index is 295. The second-order valence-corrected chi connectivity index (χ2v) is 4.48. The summed E-state index contributed by atoms with van der Waals surface area (Å²) in [5.74, 6) is -1.09. The molecule has 0 fully saturated rings. The van der Waals surface area contributed by atoms with Gasteiger partial charge in [-0.2, -0.15) is 0 Å². The lowest BCUT2D eigenvalue weighted by atomic mass is 10.1. The van der Waals surface area contributed by atoms with Gasteiger partial charge in [0.05, 0.1) is 12.5 Å². The third-order valence-corrected chi connectivity index (χ3v) is 2.70. The summed E-state index contributed by atoms with van der Waals surface area (Å²) in [6, 6.07) is -0.273. The first kappa shape index (κ1) is 17.4. The van der Waals surface area contributed by atoms with Gasteiger partial charge in [0.2, 0.25) is 12.3 Å². The number of hydrogen-bond acceptors (Lipinski definition) is 4. The van der Waals surface area contributed by atoms with E-state index in [2.05, 4.69) is 10.6 Å². The number of carbonyl (C=O) groups excluding carboxylic acids is 2. The molecule has 0 aliphatic rings. The first-order valence-corrected chi connectivity index (χ1v) is 6.32. The minimum Gasteiger partial charge on any atom is -0.481 e. The maximum Gasteiger partial charge on any atom is 0.305 e. The predicted octanol–water partition coefficient (Wildman–Crippen LogP) is -0.576. The first-order valence-electron chi connectivity index (χ1n) is 6.32. The highest BCUT2D eigenvalue weighted by atomic mass is 16.4. The summed E-state index contributed by atoms with van der Waals surface area (Å²) in [5.41, 5.74) is 0. The van der Waals surface area contributed by atoms with Gasteiger partial charge in [0.15, 0.2) is 0 Å². The van der Waals surface area contributed by atoms with E-state index in [9.17, 15) is 14.4 Å². The molecule has 3 N–H and O–H groups in total. The Balaban J connectivity index is 3.98. The number of carbonyl (C=O) groups is 3. The van der Waals surface area contributed by atoms with E-state index >= 15 is 0 Å². The van der Waals surface area contributed by atoms with Crippen molar-refractivity contribution < 1.29 is 19.5 Å². The van der Waals surface area contributed by atoms with Gasteiger partial charge in [0.25, 0.3) is 0 Å². The molecule has 0 aromatic rings. The summed E-state index contributed by atoms with van der Waals surface area (Å²) in [6.45, 7) is 0.746. The molecule has 0 aromatic carbocycles. The largest absolute Gasteiger partial charge is 0.481 e. The molecule has 7 nitrogen and oxygen atoms in total. The van der Waals surface area contributed by atoms with Crippen molar-refractivity contribution >= 4 is 18.3 Å². The summed E-state index contributed by atoms with van der Waals surface area (Å²) in [4.78, 5) is 34.1. The van der Waals surface area contributed by atoms with Crippen LogP contribution in [-0.4, -0.2) is 61.5 Å². The lowest BCUT2D eigenvalue weighted by Crippen LogP contribution is -2.44. The summed E-state index contributed by atoms with van der Waals surface area (Å²) in [5, 5.41) is 13.7. The van der Waals surface area contributed by atoms with E-state index in [1.807, 2.05) is 19.0 Å². The Labute approximate surface area is 113 Å². The molecule has 0 aliphatic carbocycles. The Morgan fingerprint density at radius 3 is 2.47 bits per heavy atom. The molecule has 7 heteroatoms. The van der Waals surface area contributed by atoms with Gasteiger partial charge >= 0.3 is 5.97 Å². The third kappa shape index (κ3) is 9.01. The van der Waals surface area contributed by atoms with Crippen molar-refractivity contribution in [1.29, 1.82) is 0 Å². The fourth-order valence-corrected chi connectivity index (χ4v) is 1.66. The van der Waals surface area contributed by atoms with Crippen LogP contribution in [0.15, 0.2) is 0 Å². The fraction of sp³-hybridized carbons (Fsp3) is 0.750. The lowest BCUT2D eigenvalue weighted by molar-refractivity contribution is -0.137. The molecule has 0 saturated carbocycles. The molecular formula is C12H23N3O4. The average Bonchev–Trinajstić information content (AvgIpc) is 2.32. The van der Waals surface area contributed by atoms with Crippen LogP contribution in [0.4, 0.5) is 0 Å². The first-order chi connectivity index (χ1) is 8.99. The molecule has 0 aliphatic heterocycles. The molecular weight excluding hydrogens is 252 g/mol. The molecule has 0 spiro atoms. The molecule has 110 valence electrons. The Hall–Kier alpha value is -1.63. The smallest absolute Gasteiger partial charge is 0.305 e. The van der Waals surface area contributed by atoms with E-state index in [1.165, 1.54) is 0 Å². The van der Waals surface area contributed by atoms with Crippen molar-refractivity contribution in [1.82, 2.24) is 15.5 Å². The zero-order valence-electron chi connectivity index (χ0n) is 11.5. The standard InChI is InChI=1S/C12H23N3O4/c1-15(2)10(5-3-4-7-13-9-16)12(19)14-8-6-11(17)18/h9-10H,3-8H2,1-2H3,(H,13,16)(H,14,19)(H,17,18)/i7+1,9+1. The molecule has 0 bridgehead atoms. The van der Waals surface area contributed by atoms with Crippen LogP contribution in [-0.2, 0) is 14.4 Å². The second kappa shape index (κ2) is 10.3. The van der Waals surface area contributed by atoms with Crippen LogP contribution < -0.4 is 10.6 Å². The number of nitrogens with zero attached hydrogens (tertiary/aromatic N) is 1. The minimum absolute atomic E-state index is 0.0743. The van der Waals surface area contributed by atoms with Crippen LogP contribution in [0.1, 0.15) is 25.7 Å². The van der Waals surface area contributed by atoms with Gasteiger partial charge in [0.1, 0.15) is 0 Å². The molecule has 19 heavy (non-hydrogen) atoms. The van der Waals surface area contributed by atoms with Gasteiger partial charge in [0, 0.05) is 13.1 Å². The van der Waals surface area contributed by atoms with Crippen molar-refractivity contribution in [2.24, 2.45) is 0 Å². The van der Waals surface area contributed by atoms with Gasteiger partial charge in [-0.25, -0.2) is 0 Å². The van der Waals surface area contributed by atoms with E-state index in [0.717, 1.165) is 12.8 Å². The van der Waals surface area contributed by atoms with E-state index in [-0.39, 0.29) is 24.9 Å². The van der Waals surface area contributed by atoms with Crippen LogP contribution in [0.2, 0.25) is 0 Å². The van der Waals surface area contributed by atoms with E-state index < -0.39 is 5.97 Å². The summed E-state index contributed by atoms with van der Waals surface area (Å²) >= 11 is 0. The summed E-state index contributed by atoms with van der Waals surface area (Å²) in [6.07, 6.45) is 2.88. The van der Waals surface area contributed by atoms with Crippen LogP contribution in [0.5, 0.6) is 0 Å². The average molecular weight is 275 g/mol. The quantitative estimate of drug-likeness (QED) is 0.266. The van der Waals surface area contributed by atoms with Crippen LogP contribution in [0, 0.1) is 0 Å². The highest BCUT2D eigenvalue weighted by Crippen LogP contribution is 2.06. The number of carboxylic acid groups (broad SMARTS) is 1.